The molecule has 0 bridgehead atoms. The highest BCUT2D eigenvalue weighted by Crippen LogP contribution is 2.40. The summed E-state index contributed by atoms with van der Waals surface area (Å²) in [5.74, 6) is 1.39. The van der Waals surface area contributed by atoms with Gasteiger partial charge >= 0.3 is 0 Å². The molecule has 1 N–H and O–H groups in total. The van der Waals surface area contributed by atoms with Gasteiger partial charge in [-0.2, -0.15) is 0 Å². The molecule has 0 saturated carbocycles. The van der Waals surface area contributed by atoms with Crippen molar-refractivity contribution in [3.8, 4) is 22.4 Å². The molecule has 10 aromatic rings. The molecule has 0 radical (unpaired) electrons. The third kappa shape index (κ3) is 5.48. The SMILES string of the molecule is c1ccc(C2=NC(c3ccccc3)NC(c3cccc(-c4ccc5c(c4)sc4cc(-c6ccc7c8ccccc8c8ccccc8c7c6)ccc45)n3)=N2)cc1. The van der Waals surface area contributed by atoms with Crippen LogP contribution in [0.4, 0.5) is 0 Å². The summed E-state index contributed by atoms with van der Waals surface area (Å²) in [5.41, 5.74) is 7.24. The first kappa shape index (κ1) is 31.6. The number of nitrogens with zero attached hydrogens (tertiary/aromatic N) is 3. The zero-order valence-corrected chi connectivity index (χ0v) is 30.5. The lowest BCUT2D eigenvalue weighted by atomic mass is 9.92. The van der Waals surface area contributed by atoms with E-state index in [-0.39, 0.29) is 6.17 Å². The number of fused-ring (bicyclic) bond motifs is 9. The molecule has 0 amide bonds. The predicted octanol–water partition coefficient (Wildman–Crippen LogP) is 12.7. The predicted molar refractivity (Wildman–Crippen MR) is 232 cm³/mol. The molecule has 3 heterocycles. The summed E-state index contributed by atoms with van der Waals surface area (Å²) in [6, 6.07) is 64.6. The molecule has 258 valence electrons. The standard InChI is InChI=1S/C50H32N4S/c1-3-12-31(13-4-1)48-52-49(32-14-5-2-6-15-32)54-50(53-48)45-21-11-20-44(51-45)35-24-27-42-41-26-23-34(29-46(41)55-47(42)30-35)33-22-25-40-38-18-8-7-16-36(38)37-17-9-10-19-39(37)43(40)28-33/h1-30,48H,(H,52,53,54). The van der Waals surface area contributed by atoms with Gasteiger partial charge < -0.3 is 5.32 Å². The number of aromatic nitrogens is 1. The highest BCUT2D eigenvalue weighted by molar-refractivity contribution is 7.25. The van der Waals surface area contributed by atoms with Crippen LogP contribution in [0.2, 0.25) is 0 Å². The lowest BCUT2D eigenvalue weighted by Crippen LogP contribution is -2.34. The van der Waals surface area contributed by atoms with Crippen LogP contribution in [-0.2, 0) is 0 Å². The zero-order chi connectivity index (χ0) is 36.3. The minimum absolute atomic E-state index is 0.275. The van der Waals surface area contributed by atoms with Gasteiger partial charge in [-0.15, -0.1) is 11.3 Å². The van der Waals surface area contributed by atoms with Gasteiger partial charge in [0.25, 0.3) is 0 Å². The first-order valence-corrected chi connectivity index (χ1v) is 19.4. The van der Waals surface area contributed by atoms with Crippen molar-refractivity contribution >= 4 is 75.5 Å². The summed E-state index contributed by atoms with van der Waals surface area (Å²) in [6.45, 7) is 0. The Bertz CT molecular complexity index is 3150. The van der Waals surface area contributed by atoms with E-state index in [4.69, 9.17) is 15.0 Å². The molecule has 1 aliphatic rings. The van der Waals surface area contributed by atoms with Crippen molar-refractivity contribution in [3.63, 3.8) is 0 Å². The van der Waals surface area contributed by atoms with Crippen molar-refractivity contribution in [3.05, 3.63) is 199 Å². The van der Waals surface area contributed by atoms with Crippen LogP contribution in [0.25, 0.3) is 74.9 Å². The van der Waals surface area contributed by atoms with E-state index in [1.807, 2.05) is 65.9 Å². The van der Waals surface area contributed by atoms with Gasteiger partial charge in [0.15, 0.2) is 11.7 Å². The molecule has 5 heteroatoms. The monoisotopic (exact) mass is 720 g/mol. The van der Waals surface area contributed by atoms with Crippen molar-refractivity contribution < 1.29 is 0 Å². The maximum Gasteiger partial charge on any atom is 0.159 e. The number of hydrogen-bond acceptors (Lipinski definition) is 5. The number of nitrogens with one attached hydrogen (secondary N) is 1. The molecule has 0 aliphatic carbocycles. The van der Waals surface area contributed by atoms with E-state index >= 15 is 0 Å². The van der Waals surface area contributed by atoms with Crippen molar-refractivity contribution in [1.29, 1.82) is 0 Å². The molecule has 2 aromatic heterocycles. The summed E-state index contributed by atoms with van der Waals surface area (Å²) in [5, 5.41) is 13.8. The first-order valence-electron chi connectivity index (χ1n) is 18.5. The highest BCUT2D eigenvalue weighted by atomic mass is 32.1. The minimum atomic E-state index is -0.275. The van der Waals surface area contributed by atoms with E-state index in [1.54, 1.807) is 0 Å². The molecular weight excluding hydrogens is 689 g/mol. The van der Waals surface area contributed by atoms with Gasteiger partial charge in [0.2, 0.25) is 0 Å². The average molecular weight is 721 g/mol. The van der Waals surface area contributed by atoms with Crippen LogP contribution in [0.5, 0.6) is 0 Å². The summed E-state index contributed by atoms with van der Waals surface area (Å²) < 4.78 is 2.51. The van der Waals surface area contributed by atoms with E-state index in [1.165, 1.54) is 63.6 Å². The maximum absolute atomic E-state index is 5.16. The number of amidine groups is 2. The molecule has 8 aromatic carbocycles. The van der Waals surface area contributed by atoms with Crippen molar-refractivity contribution in [2.75, 3.05) is 0 Å². The van der Waals surface area contributed by atoms with E-state index in [9.17, 15) is 0 Å². The second-order valence-electron chi connectivity index (χ2n) is 14.0. The zero-order valence-electron chi connectivity index (χ0n) is 29.6. The molecule has 0 saturated heterocycles. The first-order chi connectivity index (χ1) is 27.2. The van der Waals surface area contributed by atoms with Crippen molar-refractivity contribution in [2.24, 2.45) is 9.98 Å². The Morgan fingerprint density at radius 3 is 1.62 bits per heavy atom. The Morgan fingerprint density at radius 2 is 0.927 bits per heavy atom. The van der Waals surface area contributed by atoms with E-state index in [2.05, 4.69) is 133 Å². The summed E-state index contributed by atoms with van der Waals surface area (Å²) in [7, 11) is 0. The van der Waals surface area contributed by atoms with Crippen LogP contribution >= 0.6 is 11.3 Å². The molecule has 1 aliphatic heterocycles. The molecule has 1 unspecified atom stereocenters. The molecule has 0 fully saturated rings. The van der Waals surface area contributed by atoms with Crippen LogP contribution in [-0.4, -0.2) is 16.7 Å². The smallest absolute Gasteiger partial charge is 0.159 e. The second kappa shape index (κ2) is 12.9. The number of hydrogen-bond donors (Lipinski definition) is 1. The fraction of sp³-hybridized carbons (Fsp3) is 0.0200. The van der Waals surface area contributed by atoms with E-state index in [0.717, 1.165) is 28.1 Å². The highest BCUT2D eigenvalue weighted by Gasteiger charge is 2.22. The van der Waals surface area contributed by atoms with Crippen LogP contribution in [0, 0.1) is 0 Å². The Morgan fingerprint density at radius 1 is 0.400 bits per heavy atom. The average Bonchev–Trinajstić information content (AvgIpc) is 3.64. The topological polar surface area (TPSA) is 49.6 Å². The van der Waals surface area contributed by atoms with Crippen LogP contribution in [0.15, 0.2) is 192 Å². The van der Waals surface area contributed by atoms with Crippen molar-refractivity contribution in [1.82, 2.24) is 10.3 Å². The van der Waals surface area contributed by atoms with E-state index in [0.29, 0.717) is 11.7 Å². The Hall–Kier alpha value is -6.95. The number of pyridine rings is 1. The third-order valence-electron chi connectivity index (χ3n) is 10.7. The van der Waals surface area contributed by atoms with Gasteiger partial charge in [0.05, 0.1) is 5.69 Å². The quantitative estimate of drug-likeness (QED) is 0.180. The lowest BCUT2D eigenvalue weighted by Gasteiger charge is -2.23. The fourth-order valence-corrected chi connectivity index (χ4v) is 9.22. The Labute approximate surface area is 321 Å². The third-order valence-corrected chi connectivity index (χ3v) is 11.8. The number of benzene rings is 8. The van der Waals surface area contributed by atoms with Gasteiger partial charge in [0, 0.05) is 31.3 Å². The molecule has 4 nitrogen and oxygen atoms in total. The van der Waals surface area contributed by atoms with Gasteiger partial charge in [-0.3, -0.25) is 0 Å². The van der Waals surface area contributed by atoms with Crippen LogP contribution in [0.1, 0.15) is 23.0 Å². The molecule has 55 heavy (non-hydrogen) atoms. The molecule has 0 spiro atoms. The maximum atomic E-state index is 5.16. The minimum Gasteiger partial charge on any atom is -0.343 e. The number of rotatable bonds is 5. The Balaban J connectivity index is 0.954. The number of thiophene rings is 1. The molecular formula is C50H32N4S. The largest absolute Gasteiger partial charge is 0.343 e. The summed E-state index contributed by atoms with van der Waals surface area (Å²) in [4.78, 5) is 15.1. The second-order valence-corrected chi connectivity index (χ2v) is 15.1. The molecule has 11 rings (SSSR count). The van der Waals surface area contributed by atoms with E-state index < -0.39 is 0 Å². The Kier molecular flexibility index (Phi) is 7.39. The van der Waals surface area contributed by atoms with Crippen LogP contribution in [0.3, 0.4) is 0 Å². The van der Waals surface area contributed by atoms with Gasteiger partial charge in [-0.1, -0.05) is 152 Å². The summed E-state index contributed by atoms with van der Waals surface area (Å²) in [6.07, 6.45) is -0.275. The number of aliphatic imine (C=N–C) groups is 2. The van der Waals surface area contributed by atoms with Gasteiger partial charge in [-0.05, 0) is 79.3 Å². The normalized spacial score (nSPS) is 14.4. The van der Waals surface area contributed by atoms with Gasteiger partial charge in [0.1, 0.15) is 11.9 Å². The van der Waals surface area contributed by atoms with Crippen LogP contribution < -0.4 is 5.32 Å². The summed E-state index contributed by atoms with van der Waals surface area (Å²) >= 11 is 1.84. The fourth-order valence-electron chi connectivity index (χ4n) is 8.03. The molecule has 1 atom stereocenters. The van der Waals surface area contributed by atoms with Gasteiger partial charge in [-0.25, -0.2) is 15.0 Å². The lowest BCUT2D eigenvalue weighted by molar-refractivity contribution is 0.673. The van der Waals surface area contributed by atoms with Crippen molar-refractivity contribution in [2.45, 2.75) is 6.17 Å².